The zero-order valence-corrected chi connectivity index (χ0v) is 42.6. The highest BCUT2D eigenvalue weighted by molar-refractivity contribution is 7.54. The molecule has 20 heteroatoms. The number of nitrogens with two attached hydrogens (primary N) is 1. The molecule has 1 aliphatic heterocycles. The lowest BCUT2D eigenvalue weighted by atomic mass is 9.96. The molecule has 0 bridgehead atoms. The standard InChI is InChI=1S/C50H72N7O12P/c1-48(2,3)68-35-23-19-31(20-24-35)27-37(44(59)65-33-15-11-9-12-16-33)55-70(62,56-38(45(60)66-34-17-13-10-14-18-34)28-32-21-25-36(26-22-32)69-49(4,5)6)64-29-39-41(58)50(7,61)46(67-39)57-30-52-40-42(57)53-47(51)54-43(40)63-8/h19-26,30,33-34,37-39,41,46,58,61H,9-18,27-29H2,1-8H3,(H2,51,53,54)(H2,55,56,62)/t37-,38-,39+,41+,46+,50+/m0/s1. The molecule has 3 aliphatic rings. The molecule has 2 aliphatic carbocycles. The van der Waals surface area contributed by atoms with Crippen molar-refractivity contribution in [1.82, 2.24) is 29.7 Å². The molecule has 7 rings (SSSR count). The molecule has 3 heterocycles. The molecule has 4 aromatic rings. The first-order chi connectivity index (χ1) is 33.1. The van der Waals surface area contributed by atoms with E-state index in [0.717, 1.165) is 38.5 Å². The van der Waals surface area contributed by atoms with Crippen molar-refractivity contribution in [3.05, 3.63) is 66.0 Å². The molecule has 384 valence electrons. The number of aromatic nitrogens is 4. The van der Waals surface area contributed by atoms with Crippen molar-refractivity contribution in [2.75, 3.05) is 19.5 Å². The summed E-state index contributed by atoms with van der Waals surface area (Å²) in [5, 5.41) is 29.6. The highest BCUT2D eigenvalue weighted by Gasteiger charge is 2.54. The van der Waals surface area contributed by atoms with E-state index < -0.39 is 73.5 Å². The molecule has 3 fully saturated rings. The van der Waals surface area contributed by atoms with Crippen LogP contribution in [0.5, 0.6) is 17.4 Å². The number of hydrogen-bond acceptors (Lipinski definition) is 16. The van der Waals surface area contributed by atoms with Crippen molar-refractivity contribution in [2.24, 2.45) is 0 Å². The van der Waals surface area contributed by atoms with Gasteiger partial charge in [-0.2, -0.15) is 9.97 Å². The maximum atomic E-state index is 15.9. The van der Waals surface area contributed by atoms with E-state index >= 15 is 4.57 Å². The van der Waals surface area contributed by atoms with Crippen LogP contribution in [0, 0.1) is 0 Å². The average Bonchev–Trinajstić information content (AvgIpc) is 3.81. The number of nitrogens with one attached hydrogen (secondary N) is 2. The van der Waals surface area contributed by atoms with E-state index in [1.165, 1.54) is 24.9 Å². The van der Waals surface area contributed by atoms with Crippen molar-refractivity contribution in [3.63, 3.8) is 0 Å². The molecular weight excluding hydrogens is 922 g/mol. The van der Waals surface area contributed by atoms with E-state index in [4.69, 9.17) is 38.7 Å². The van der Waals surface area contributed by atoms with Crippen LogP contribution in [0.2, 0.25) is 0 Å². The van der Waals surface area contributed by atoms with Gasteiger partial charge >= 0.3 is 19.6 Å². The fourth-order valence-corrected chi connectivity index (χ4v) is 10.9. The number of nitrogens with zero attached hydrogens (tertiary/aromatic N) is 4. The summed E-state index contributed by atoms with van der Waals surface area (Å²) >= 11 is 0. The smallest absolute Gasteiger partial charge is 0.342 e. The maximum Gasteiger partial charge on any atom is 0.342 e. The zero-order valence-electron chi connectivity index (χ0n) is 41.7. The van der Waals surface area contributed by atoms with Gasteiger partial charge in [-0.1, -0.05) is 37.1 Å². The van der Waals surface area contributed by atoms with Crippen LogP contribution in [-0.2, 0) is 45.7 Å². The molecule has 6 N–H and O–H groups in total. The second-order valence-electron chi connectivity index (χ2n) is 20.8. The summed E-state index contributed by atoms with van der Waals surface area (Å²) in [6, 6.07) is 11.9. The van der Waals surface area contributed by atoms with Crippen LogP contribution in [0.15, 0.2) is 54.9 Å². The Labute approximate surface area is 410 Å². The first-order valence-electron chi connectivity index (χ1n) is 24.4. The Hall–Kier alpha value is -4.88. The van der Waals surface area contributed by atoms with E-state index in [2.05, 4.69) is 25.1 Å². The van der Waals surface area contributed by atoms with Gasteiger partial charge in [0.15, 0.2) is 17.4 Å². The second-order valence-corrected chi connectivity index (χ2v) is 22.7. The summed E-state index contributed by atoms with van der Waals surface area (Å²) in [6.07, 6.45) is 4.83. The highest BCUT2D eigenvalue weighted by Crippen LogP contribution is 2.45. The number of imidazole rings is 1. The number of nitrogen functional groups attached to an aromatic ring is 1. The molecule has 2 aromatic carbocycles. The molecular formula is C50H72N7O12P. The van der Waals surface area contributed by atoms with Crippen molar-refractivity contribution in [2.45, 2.75) is 185 Å². The zero-order chi connectivity index (χ0) is 50.4. The van der Waals surface area contributed by atoms with Gasteiger partial charge in [0.25, 0.3) is 0 Å². The number of aliphatic hydroxyl groups is 2. The number of carbonyl (C=O) groups excluding carboxylic acids is 2. The Morgan fingerprint density at radius 2 is 1.29 bits per heavy atom. The second kappa shape index (κ2) is 22.3. The first-order valence-corrected chi connectivity index (χ1v) is 26.1. The van der Waals surface area contributed by atoms with Crippen molar-refractivity contribution in [1.29, 1.82) is 0 Å². The van der Waals surface area contributed by atoms with Crippen LogP contribution in [-0.4, -0.2) is 109 Å². The number of rotatable bonds is 19. The van der Waals surface area contributed by atoms with E-state index in [-0.39, 0.29) is 48.0 Å². The van der Waals surface area contributed by atoms with E-state index in [0.29, 0.717) is 48.3 Å². The number of carbonyl (C=O) groups is 2. The predicted octanol–water partition coefficient (Wildman–Crippen LogP) is 7.06. The summed E-state index contributed by atoms with van der Waals surface area (Å²) in [5.41, 5.74) is 4.87. The van der Waals surface area contributed by atoms with Gasteiger partial charge in [0.2, 0.25) is 11.8 Å². The lowest BCUT2D eigenvalue weighted by molar-refractivity contribution is -0.153. The van der Waals surface area contributed by atoms with Gasteiger partial charge in [0, 0.05) is 0 Å². The Bertz CT molecular complexity index is 2320. The minimum absolute atomic E-state index is 0.00427. The van der Waals surface area contributed by atoms with Crippen molar-refractivity contribution >= 4 is 36.7 Å². The molecule has 70 heavy (non-hydrogen) atoms. The molecule has 0 spiro atoms. The number of methoxy groups -OCH3 is 1. The molecule has 2 saturated carbocycles. The lowest BCUT2D eigenvalue weighted by Crippen LogP contribution is -2.48. The molecule has 1 saturated heterocycles. The fraction of sp³-hybridized carbons (Fsp3) is 0.620. The Kier molecular flexibility index (Phi) is 16.8. The predicted molar refractivity (Wildman–Crippen MR) is 261 cm³/mol. The van der Waals surface area contributed by atoms with Crippen LogP contribution in [0.1, 0.15) is 130 Å². The average molecular weight is 994 g/mol. The summed E-state index contributed by atoms with van der Waals surface area (Å²) in [7, 11) is -3.25. The molecule has 6 atom stereocenters. The number of ether oxygens (including phenoxy) is 6. The number of esters is 2. The minimum Gasteiger partial charge on any atom is -0.488 e. The van der Waals surface area contributed by atoms with Gasteiger partial charge < -0.3 is 48.9 Å². The number of aliphatic hydroxyl groups excluding tert-OH is 1. The van der Waals surface area contributed by atoms with E-state index in [1.54, 1.807) is 24.3 Å². The third kappa shape index (κ3) is 14.0. The Balaban J connectivity index is 1.23. The van der Waals surface area contributed by atoms with Crippen LogP contribution in [0.3, 0.4) is 0 Å². The molecule has 19 nitrogen and oxygen atoms in total. The van der Waals surface area contributed by atoms with Crippen LogP contribution in [0.25, 0.3) is 11.2 Å². The quantitative estimate of drug-likeness (QED) is 0.0466. The third-order valence-electron chi connectivity index (χ3n) is 12.5. The van der Waals surface area contributed by atoms with E-state index in [1.807, 2.05) is 65.8 Å². The SMILES string of the molecule is COc1nc(N)nc2c1ncn2[C@@H]1O[C@H](COP(=O)(N[C@@H](Cc2ccc(OC(C)(C)C)cc2)C(=O)OC2CCCCC2)N[C@@H](Cc2ccc(OC(C)(C)C)cc2)C(=O)OC2CCCCC2)[C@@H](O)[C@@]1(C)O. The monoisotopic (exact) mass is 993 g/mol. The number of fused-ring (bicyclic) bond motifs is 1. The van der Waals surface area contributed by atoms with Gasteiger partial charge in [-0.25, -0.2) is 15.2 Å². The minimum atomic E-state index is -4.65. The molecule has 2 aromatic heterocycles. The Morgan fingerprint density at radius 1 is 0.814 bits per heavy atom. The summed E-state index contributed by atoms with van der Waals surface area (Å²) in [4.78, 5) is 41.6. The summed E-state index contributed by atoms with van der Waals surface area (Å²) in [6.45, 7) is 12.4. The van der Waals surface area contributed by atoms with Crippen molar-refractivity contribution < 1.29 is 57.3 Å². The van der Waals surface area contributed by atoms with Crippen molar-refractivity contribution in [3.8, 4) is 17.4 Å². The topological polar surface area (TPSA) is 250 Å². The van der Waals surface area contributed by atoms with Crippen LogP contribution in [0.4, 0.5) is 5.95 Å². The molecule has 0 amide bonds. The first kappa shape index (κ1) is 52.9. The van der Waals surface area contributed by atoms with Gasteiger partial charge in [-0.3, -0.25) is 18.7 Å². The summed E-state index contributed by atoms with van der Waals surface area (Å²) < 4.78 is 59.6. The lowest BCUT2D eigenvalue weighted by Gasteiger charge is -2.31. The van der Waals surface area contributed by atoms with Gasteiger partial charge in [0.1, 0.15) is 64.8 Å². The van der Waals surface area contributed by atoms with Crippen LogP contribution < -0.4 is 30.1 Å². The number of anilines is 1. The maximum absolute atomic E-state index is 15.9. The largest absolute Gasteiger partial charge is 0.488 e. The summed E-state index contributed by atoms with van der Waals surface area (Å²) in [5.74, 6) is -0.102. The van der Waals surface area contributed by atoms with E-state index in [9.17, 15) is 19.8 Å². The van der Waals surface area contributed by atoms with Gasteiger partial charge in [0.05, 0.1) is 20.0 Å². The third-order valence-corrected chi connectivity index (χ3v) is 14.3. The van der Waals surface area contributed by atoms with Gasteiger partial charge in [-0.15, -0.1) is 0 Å². The number of hydrogen-bond donors (Lipinski definition) is 5. The van der Waals surface area contributed by atoms with Gasteiger partial charge in [-0.05, 0) is 148 Å². The highest BCUT2D eigenvalue weighted by atomic mass is 31.2. The fourth-order valence-electron chi connectivity index (χ4n) is 9.09. The molecule has 0 unspecified atom stereocenters. The van der Waals surface area contributed by atoms with Crippen LogP contribution >= 0.6 is 7.67 Å². The normalized spacial score (nSPS) is 22.6. The molecule has 0 radical (unpaired) electrons. The Morgan fingerprint density at radius 3 is 1.73 bits per heavy atom. The number of benzene rings is 2.